The Balaban J connectivity index is 3.50. The Labute approximate surface area is 43.1 Å². The van der Waals surface area contributed by atoms with Crippen molar-refractivity contribution >= 4 is 11.6 Å². The first kappa shape index (κ1) is 5.77. The average molecular weight is 103 g/mol. The van der Waals surface area contributed by atoms with Crippen molar-refractivity contribution in [3.63, 3.8) is 0 Å². The van der Waals surface area contributed by atoms with E-state index < -0.39 is 0 Å². The van der Waals surface area contributed by atoms with E-state index in [-0.39, 0.29) is 0 Å². The molecule has 0 aliphatic carbocycles. The van der Waals surface area contributed by atoms with E-state index in [2.05, 4.69) is 6.58 Å². The van der Waals surface area contributed by atoms with Crippen molar-refractivity contribution in [2.24, 2.45) is 0 Å². The largest absolute Gasteiger partial charge is 0.0976 e. The highest BCUT2D eigenvalue weighted by atomic mass is 35.5. The lowest BCUT2D eigenvalue weighted by Crippen LogP contribution is -1.51. The van der Waals surface area contributed by atoms with Gasteiger partial charge in [0.2, 0.25) is 0 Å². The molecule has 0 rings (SSSR count). The van der Waals surface area contributed by atoms with Crippen molar-refractivity contribution in [2.45, 2.75) is 6.92 Å². The molecule has 0 unspecified atom stereocenters. The molecule has 0 spiro atoms. The molecule has 0 aromatic rings. The van der Waals surface area contributed by atoms with Crippen LogP contribution in [0.15, 0.2) is 23.8 Å². The van der Waals surface area contributed by atoms with Crippen LogP contribution in [0.2, 0.25) is 0 Å². The lowest BCUT2D eigenvalue weighted by molar-refractivity contribution is 1.71. The van der Waals surface area contributed by atoms with E-state index in [9.17, 15) is 0 Å². The van der Waals surface area contributed by atoms with Gasteiger partial charge in [0.25, 0.3) is 0 Å². The van der Waals surface area contributed by atoms with Gasteiger partial charge in [-0.25, -0.2) is 0 Å². The van der Waals surface area contributed by atoms with Gasteiger partial charge in [-0.05, 0) is 6.92 Å². The van der Waals surface area contributed by atoms with Gasteiger partial charge in [-0.2, -0.15) is 0 Å². The Morgan fingerprint density at radius 2 is 2.33 bits per heavy atom. The summed E-state index contributed by atoms with van der Waals surface area (Å²) in [5.74, 6) is 0. The summed E-state index contributed by atoms with van der Waals surface area (Å²) in [5.41, 5.74) is 0. The summed E-state index contributed by atoms with van der Waals surface area (Å²) in [5, 5.41) is 0.704. The molecule has 0 atom stereocenters. The van der Waals surface area contributed by atoms with Gasteiger partial charge in [-0.1, -0.05) is 30.3 Å². The minimum Gasteiger partial charge on any atom is -0.0976 e. The molecule has 0 aromatic heterocycles. The predicted molar refractivity (Wildman–Crippen MR) is 29.8 cm³/mol. The topological polar surface area (TPSA) is 0 Å². The number of hydrogen-bond donors (Lipinski definition) is 0. The minimum absolute atomic E-state index is 0.704. The molecule has 0 saturated heterocycles. The number of rotatable bonds is 1. The van der Waals surface area contributed by atoms with E-state index in [1.54, 1.807) is 12.2 Å². The summed E-state index contributed by atoms with van der Waals surface area (Å²) in [6.07, 6.45) is 3.39. The van der Waals surface area contributed by atoms with Crippen LogP contribution in [-0.4, -0.2) is 0 Å². The molecule has 0 bridgehead atoms. The van der Waals surface area contributed by atoms with Gasteiger partial charge < -0.3 is 0 Å². The first-order chi connectivity index (χ1) is 2.81. The van der Waals surface area contributed by atoms with Crippen LogP contribution in [0.25, 0.3) is 0 Å². The quantitative estimate of drug-likeness (QED) is 0.446. The first-order valence-corrected chi connectivity index (χ1v) is 2.13. The van der Waals surface area contributed by atoms with E-state index >= 15 is 0 Å². The second-order valence-electron chi connectivity index (χ2n) is 0.878. The van der Waals surface area contributed by atoms with Gasteiger partial charge >= 0.3 is 0 Å². The summed E-state index contributed by atoms with van der Waals surface area (Å²) >= 11 is 5.39. The van der Waals surface area contributed by atoms with Crippen molar-refractivity contribution in [1.29, 1.82) is 0 Å². The fourth-order valence-corrected chi connectivity index (χ4v) is 0.118. The molecular formula is C5H7Cl. The Kier molecular flexibility index (Phi) is 2.87. The molecule has 34 valence electrons. The number of allylic oxidation sites excluding steroid dienone is 3. The highest BCUT2D eigenvalue weighted by Crippen LogP contribution is 1.98. The summed E-state index contributed by atoms with van der Waals surface area (Å²) in [6.45, 7) is 5.30. The van der Waals surface area contributed by atoms with Crippen LogP contribution in [0, 0.1) is 0 Å². The van der Waals surface area contributed by atoms with Crippen LogP contribution < -0.4 is 0 Å². The molecule has 0 N–H and O–H groups in total. The molecule has 6 heavy (non-hydrogen) atoms. The zero-order chi connectivity index (χ0) is 4.99. The van der Waals surface area contributed by atoms with Crippen molar-refractivity contribution in [1.82, 2.24) is 0 Å². The second-order valence-corrected chi connectivity index (χ2v) is 1.31. The smallest absolute Gasteiger partial charge is 0.0357 e. The second kappa shape index (κ2) is 2.98. The van der Waals surface area contributed by atoms with Crippen molar-refractivity contribution in [3.8, 4) is 0 Å². The molecule has 0 radical (unpaired) electrons. The van der Waals surface area contributed by atoms with Crippen LogP contribution in [0.4, 0.5) is 0 Å². The Bertz CT molecular complexity index is 72.0. The maximum atomic E-state index is 5.39. The lowest BCUT2D eigenvalue weighted by Gasteiger charge is -1.74. The van der Waals surface area contributed by atoms with Crippen LogP contribution in [-0.2, 0) is 0 Å². The van der Waals surface area contributed by atoms with Gasteiger partial charge in [0, 0.05) is 5.03 Å². The van der Waals surface area contributed by atoms with Crippen molar-refractivity contribution in [2.75, 3.05) is 0 Å². The predicted octanol–water partition coefficient (Wildman–Crippen LogP) is 2.32. The highest BCUT2D eigenvalue weighted by molar-refractivity contribution is 6.31. The third kappa shape index (κ3) is 2.04. The van der Waals surface area contributed by atoms with Crippen LogP contribution in [0.5, 0.6) is 0 Å². The molecule has 0 saturated carbocycles. The molecule has 0 aliphatic rings. The van der Waals surface area contributed by atoms with E-state index in [4.69, 9.17) is 11.6 Å². The van der Waals surface area contributed by atoms with Gasteiger partial charge in [-0.3, -0.25) is 0 Å². The highest BCUT2D eigenvalue weighted by Gasteiger charge is 1.70. The summed E-state index contributed by atoms with van der Waals surface area (Å²) in [4.78, 5) is 0. The molecule has 0 heterocycles. The van der Waals surface area contributed by atoms with Gasteiger partial charge in [0.15, 0.2) is 0 Å². The summed E-state index contributed by atoms with van der Waals surface area (Å²) in [7, 11) is 0. The van der Waals surface area contributed by atoms with Gasteiger partial charge in [0.1, 0.15) is 0 Å². The van der Waals surface area contributed by atoms with Crippen LogP contribution in [0.1, 0.15) is 6.92 Å². The average Bonchev–Trinajstić information content (AvgIpc) is 1.65. The van der Waals surface area contributed by atoms with Crippen LogP contribution in [0.3, 0.4) is 0 Å². The molecule has 1 heteroatoms. The molecule has 0 amide bonds. The molecular weight excluding hydrogens is 95.5 g/mol. The monoisotopic (exact) mass is 102 g/mol. The van der Waals surface area contributed by atoms with Crippen molar-refractivity contribution in [3.05, 3.63) is 23.8 Å². The Morgan fingerprint density at radius 3 is 2.33 bits per heavy atom. The van der Waals surface area contributed by atoms with Crippen molar-refractivity contribution < 1.29 is 0 Å². The fraction of sp³-hybridized carbons (Fsp3) is 0.200. The standard InChI is InChI=1S/C5H7Cl/c1-3-5(6)4-2/h3-4H,1H2,2H3. The third-order valence-corrected chi connectivity index (χ3v) is 0.843. The summed E-state index contributed by atoms with van der Waals surface area (Å²) < 4.78 is 0. The third-order valence-electron chi connectivity index (χ3n) is 0.471. The zero-order valence-corrected chi connectivity index (χ0v) is 4.50. The normalized spacial score (nSPS) is 11.3. The maximum absolute atomic E-state index is 5.39. The fourth-order valence-electron chi connectivity index (χ4n) is 0.118. The Morgan fingerprint density at radius 1 is 1.83 bits per heavy atom. The minimum atomic E-state index is 0.704. The zero-order valence-electron chi connectivity index (χ0n) is 3.74. The lowest BCUT2D eigenvalue weighted by atomic mass is 10.5. The van der Waals surface area contributed by atoms with E-state index in [1.165, 1.54) is 0 Å². The number of halogens is 1. The summed E-state index contributed by atoms with van der Waals surface area (Å²) in [6, 6.07) is 0. The van der Waals surface area contributed by atoms with E-state index in [1.807, 2.05) is 6.92 Å². The van der Waals surface area contributed by atoms with E-state index in [0.29, 0.717) is 5.03 Å². The molecule has 0 nitrogen and oxygen atoms in total. The van der Waals surface area contributed by atoms with Crippen LogP contribution >= 0.6 is 11.6 Å². The Hall–Kier alpha value is -0.230. The molecule has 0 aromatic carbocycles. The maximum Gasteiger partial charge on any atom is 0.0357 e. The number of hydrogen-bond acceptors (Lipinski definition) is 0. The SMILES string of the molecule is C=CC(Cl)=CC. The molecule has 0 fully saturated rings. The van der Waals surface area contributed by atoms with Gasteiger partial charge in [0.05, 0.1) is 0 Å². The van der Waals surface area contributed by atoms with E-state index in [0.717, 1.165) is 0 Å². The first-order valence-electron chi connectivity index (χ1n) is 1.75. The molecule has 0 aliphatic heterocycles. The van der Waals surface area contributed by atoms with Gasteiger partial charge in [-0.15, -0.1) is 0 Å².